The number of nitrogens with one attached hydrogen (secondary N) is 2. The molecular formula is C13H14N4. The Balaban J connectivity index is 1.79. The second kappa shape index (κ2) is 3.49. The summed E-state index contributed by atoms with van der Waals surface area (Å²) >= 11 is 0. The van der Waals surface area contributed by atoms with Crippen LogP contribution in [0.1, 0.15) is 18.7 Å². The van der Waals surface area contributed by atoms with Gasteiger partial charge < -0.3 is 10.3 Å². The Morgan fingerprint density at radius 1 is 1.53 bits per heavy atom. The minimum absolute atomic E-state index is 0.112. The lowest BCUT2D eigenvalue weighted by atomic mass is 10.1. The van der Waals surface area contributed by atoms with Crippen LogP contribution in [0.5, 0.6) is 0 Å². The summed E-state index contributed by atoms with van der Waals surface area (Å²) in [5, 5.41) is 12.3. The molecule has 1 aromatic carbocycles. The number of benzene rings is 1. The maximum Gasteiger partial charge on any atom is 0.104 e. The summed E-state index contributed by atoms with van der Waals surface area (Å²) < 4.78 is 0. The van der Waals surface area contributed by atoms with Gasteiger partial charge in [-0.15, -0.1) is 0 Å². The van der Waals surface area contributed by atoms with E-state index in [0.29, 0.717) is 0 Å². The fourth-order valence-electron chi connectivity index (χ4n) is 2.00. The first-order valence-electron chi connectivity index (χ1n) is 5.82. The van der Waals surface area contributed by atoms with Crippen LogP contribution in [0.4, 0.5) is 5.69 Å². The Labute approximate surface area is 99.7 Å². The number of aromatic amines is 1. The van der Waals surface area contributed by atoms with Crippen molar-refractivity contribution in [3.05, 3.63) is 24.0 Å². The molecule has 3 rings (SSSR count). The van der Waals surface area contributed by atoms with Crippen LogP contribution in [-0.4, -0.2) is 16.5 Å². The summed E-state index contributed by atoms with van der Waals surface area (Å²) in [6.07, 6.45) is 2.03. The van der Waals surface area contributed by atoms with Crippen LogP contribution in [0.25, 0.3) is 11.0 Å². The van der Waals surface area contributed by atoms with Gasteiger partial charge in [0.25, 0.3) is 0 Å². The lowest BCUT2D eigenvalue weighted by Gasteiger charge is -2.09. The van der Waals surface area contributed by atoms with Crippen molar-refractivity contribution < 1.29 is 0 Å². The number of aromatic nitrogens is 2. The summed E-state index contributed by atoms with van der Waals surface area (Å²) in [5.74, 6) is 0.924. The Kier molecular flexibility index (Phi) is 2.08. The van der Waals surface area contributed by atoms with Gasteiger partial charge >= 0.3 is 0 Å². The van der Waals surface area contributed by atoms with Crippen molar-refractivity contribution >= 4 is 16.7 Å². The van der Waals surface area contributed by atoms with Crippen molar-refractivity contribution in [2.24, 2.45) is 5.41 Å². The number of nitriles is 1. The third-order valence-electron chi connectivity index (χ3n) is 3.32. The van der Waals surface area contributed by atoms with E-state index in [1.165, 1.54) is 0 Å². The van der Waals surface area contributed by atoms with Gasteiger partial charge in [-0.25, -0.2) is 4.98 Å². The van der Waals surface area contributed by atoms with E-state index in [4.69, 9.17) is 5.26 Å². The van der Waals surface area contributed by atoms with E-state index in [1.807, 2.05) is 25.1 Å². The molecule has 1 aromatic heterocycles. The molecule has 4 heteroatoms. The summed E-state index contributed by atoms with van der Waals surface area (Å²) in [6.45, 7) is 2.68. The maximum absolute atomic E-state index is 9.00. The molecule has 4 nitrogen and oxygen atoms in total. The van der Waals surface area contributed by atoms with E-state index in [0.717, 1.165) is 41.9 Å². The monoisotopic (exact) mass is 226 g/mol. The SMILES string of the molecule is Cc1nc2ccc(NCC3(C#N)CC3)cc2[nH]1. The average Bonchev–Trinajstić information content (AvgIpc) is 3.01. The van der Waals surface area contributed by atoms with Crippen LogP contribution in [0.2, 0.25) is 0 Å². The fourth-order valence-corrected chi connectivity index (χ4v) is 2.00. The van der Waals surface area contributed by atoms with E-state index < -0.39 is 0 Å². The van der Waals surface area contributed by atoms with Gasteiger partial charge in [0.2, 0.25) is 0 Å². The molecule has 0 bridgehead atoms. The first-order chi connectivity index (χ1) is 8.21. The van der Waals surface area contributed by atoms with Gasteiger partial charge in [-0.3, -0.25) is 0 Å². The first-order valence-corrected chi connectivity index (χ1v) is 5.82. The number of hydrogen-bond acceptors (Lipinski definition) is 3. The van der Waals surface area contributed by atoms with Gasteiger partial charge in [0, 0.05) is 12.2 Å². The molecule has 0 spiro atoms. The molecule has 2 N–H and O–H groups in total. The van der Waals surface area contributed by atoms with Crippen LogP contribution in [0, 0.1) is 23.7 Å². The highest BCUT2D eigenvalue weighted by molar-refractivity contribution is 5.79. The van der Waals surface area contributed by atoms with Crippen molar-refractivity contribution in [3.63, 3.8) is 0 Å². The van der Waals surface area contributed by atoms with E-state index in [-0.39, 0.29) is 5.41 Å². The molecular weight excluding hydrogens is 212 g/mol. The molecule has 0 amide bonds. The molecule has 86 valence electrons. The molecule has 0 radical (unpaired) electrons. The molecule has 0 aliphatic heterocycles. The van der Waals surface area contributed by atoms with E-state index in [2.05, 4.69) is 21.4 Å². The van der Waals surface area contributed by atoms with Crippen LogP contribution in [0.3, 0.4) is 0 Å². The Hall–Kier alpha value is -2.02. The molecule has 1 saturated carbocycles. The van der Waals surface area contributed by atoms with Crippen LogP contribution in [0.15, 0.2) is 18.2 Å². The fraction of sp³-hybridized carbons (Fsp3) is 0.385. The molecule has 0 atom stereocenters. The van der Waals surface area contributed by atoms with Gasteiger partial charge in [-0.1, -0.05) is 0 Å². The predicted molar refractivity (Wildman–Crippen MR) is 66.6 cm³/mol. The minimum atomic E-state index is -0.112. The molecule has 0 saturated heterocycles. The van der Waals surface area contributed by atoms with Crippen molar-refractivity contribution in [1.82, 2.24) is 9.97 Å². The van der Waals surface area contributed by atoms with Crippen LogP contribution in [-0.2, 0) is 0 Å². The summed E-state index contributed by atoms with van der Waals surface area (Å²) in [6, 6.07) is 8.43. The smallest absolute Gasteiger partial charge is 0.104 e. The molecule has 1 heterocycles. The predicted octanol–water partition coefficient (Wildman–Crippen LogP) is 2.59. The molecule has 1 aliphatic rings. The normalized spacial score (nSPS) is 16.7. The number of fused-ring (bicyclic) bond motifs is 1. The third-order valence-corrected chi connectivity index (χ3v) is 3.32. The van der Waals surface area contributed by atoms with Crippen LogP contribution < -0.4 is 5.32 Å². The lowest BCUT2D eigenvalue weighted by Crippen LogP contribution is -2.13. The zero-order chi connectivity index (χ0) is 11.9. The van der Waals surface area contributed by atoms with E-state index in [9.17, 15) is 0 Å². The number of nitrogens with zero attached hydrogens (tertiary/aromatic N) is 2. The highest BCUT2D eigenvalue weighted by Crippen LogP contribution is 2.44. The van der Waals surface area contributed by atoms with Crippen molar-refractivity contribution in [2.75, 3.05) is 11.9 Å². The van der Waals surface area contributed by atoms with Crippen molar-refractivity contribution in [1.29, 1.82) is 5.26 Å². The number of rotatable bonds is 3. The van der Waals surface area contributed by atoms with Crippen LogP contribution >= 0.6 is 0 Å². The van der Waals surface area contributed by atoms with Gasteiger partial charge in [-0.2, -0.15) is 5.26 Å². The zero-order valence-electron chi connectivity index (χ0n) is 9.75. The molecule has 17 heavy (non-hydrogen) atoms. The number of H-pyrrole nitrogens is 1. The number of imidazole rings is 1. The average molecular weight is 226 g/mol. The first kappa shape index (κ1) is 10.2. The number of aryl methyl sites for hydroxylation is 1. The Morgan fingerprint density at radius 3 is 3.06 bits per heavy atom. The van der Waals surface area contributed by atoms with Crippen molar-refractivity contribution in [2.45, 2.75) is 19.8 Å². The second-order valence-electron chi connectivity index (χ2n) is 4.80. The van der Waals surface area contributed by atoms with Gasteiger partial charge in [0.05, 0.1) is 22.5 Å². The minimum Gasteiger partial charge on any atom is -0.383 e. The highest BCUT2D eigenvalue weighted by atomic mass is 14.9. The molecule has 1 aliphatic carbocycles. The Bertz CT molecular complexity index is 601. The number of hydrogen-bond donors (Lipinski definition) is 2. The van der Waals surface area contributed by atoms with E-state index in [1.54, 1.807) is 0 Å². The zero-order valence-corrected chi connectivity index (χ0v) is 9.75. The molecule has 1 fully saturated rings. The Morgan fingerprint density at radius 2 is 2.35 bits per heavy atom. The topological polar surface area (TPSA) is 64.5 Å². The summed E-state index contributed by atoms with van der Waals surface area (Å²) in [4.78, 5) is 7.57. The van der Waals surface area contributed by atoms with Gasteiger partial charge in [0.1, 0.15) is 5.82 Å². The summed E-state index contributed by atoms with van der Waals surface area (Å²) in [5.41, 5.74) is 2.95. The van der Waals surface area contributed by atoms with Crippen molar-refractivity contribution in [3.8, 4) is 6.07 Å². The quantitative estimate of drug-likeness (QED) is 0.845. The third kappa shape index (κ3) is 1.84. The summed E-state index contributed by atoms with van der Waals surface area (Å²) in [7, 11) is 0. The van der Waals surface area contributed by atoms with Gasteiger partial charge in [0.15, 0.2) is 0 Å². The van der Waals surface area contributed by atoms with E-state index >= 15 is 0 Å². The number of anilines is 1. The standard InChI is InChI=1S/C13H14N4/c1-9-16-11-3-2-10(6-12(11)17-9)15-8-13(7-14)4-5-13/h2-3,6,15H,4-5,8H2,1H3,(H,16,17). The largest absolute Gasteiger partial charge is 0.383 e. The molecule has 0 unspecified atom stereocenters. The molecule has 2 aromatic rings. The lowest BCUT2D eigenvalue weighted by molar-refractivity contribution is 0.711. The second-order valence-corrected chi connectivity index (χ2v) is 4.80. The van der Waals surface area contributed by atoms with Gasteiger partial charge in [-0.05, 0) is 38.0 Å². The highest BCUT2D eigenvalue weighted by Gasteiger charge is 2.42. The maximum atomic E-state index is 9.00.